The molecule has 0 saturated carbocycles. The number of hydrogen-bond acceptors (Lipinski definition) is 6. The zero-order valence-electron chi connectivity index (χ0n) is 18.1. The highest BCUT2D eigenvalue weighted by atomic mass is 32.2. The molecule has 0 aromatic heterocycles. The van der Waals surface area contributed by atoms with E-state index in [0.717, 1.165) is 0 Å². The fraction of sp³-hybridized carbons (Fsp3) is 0.571. The summed E-state index contributed by atoms with van der Waals surface area (Å²) < 4.78 is -0.321. The molecule has 2 aliphatic rings. The zero-order chi connectivity index (χ0) is 22.1. The van der Waals surface area contributed by atoms with Crippen molar-refractivity contribution in [3.63, 3.8) is 0 Å². The van der Waals surface area contributed by atoms with Crippen LogP contribution in [0.25, 0.3) is 0 Å². The summed E-state index contributed by atoms with van der Waals surface area (Å²) >= 11 is 1.49. The van der Waals surface area contributed by atoms with Crippen molar-refractivity contribution in [2.24, 2.45) is 4.99 Å². The molecule has 1 aromatic rings. The highest BCUT2D eigenvalue weighted by molar-refractivity contribution is 8.01. The minimum absolute atomic E-state index is 0.218. The molecule has 0 spiro atoms. The first kappa shape index (κ1) is 22.4. The van der Waals surface area contributed by atoms with E-state index in [1.54, 1.807) is 24.3 Å². The number of aliphatic imine (C=N–C) groups is 1. The van der Waals surface area contributed by atoms with Gasteiger partial charge in [0.25, 0.3) is 5.91 Å². The maximum absolute atomic E-state index is 13.1. The van der Waals surface area contributed by atoms with Crippen molar-refractivity contribution in [1.82, 2.24) is 4.90 Å². The number of rotatable bonds is 7. The minimum atomic E-state index is -0.793. The number of nitrogens with zero attached hydrogens (tertiary/aromatic N) is 3. The molecule has 8 nitrogen and oxygen atoms in total. The van der Waals surface area contributed by atoms with E-state index in [2.05, 4.69) is 10.3 Å². The molecule has 2 fully saturated rings. The van der Waals surface area contributed by atoms with E-state index < -0.39 is 28.8 Å². The summed E-state index contributed by atoms with van der Waals surface area (Å²) in [6, 6.07) is 6.90. The quantitative estimate of drug-likeness (QED) is 0.230. The number of quaternary nitrogens is 1. The molecule has 1 N–H and O–H groups in total. The van der Waals surface area contributed by atoms with Crippen LogP contribution in [0, 0.1) is 0 Å². The van der Waals surface area contributed by atoms with Crippen molar-refractivity contribution in [2.45, 2.75) is 56.8 Å². The number of nitrogens with one attached hydrogen (secondary N) is 1. The van der Waals surface area contributed by atoms with Crippen molar-refractivity contribution < 1.29 is 24.2 Å². The van der Waals surface area contributed by atoms with Gasteiger partial charge in [0, 0.05) is 10.4 Å². The Balaban J connectivity index is 1.75. The van der Waals surface area contributed by atoms with E-state index in [9.17, 15) is 14.7 Å². The van der Waals surface area contributed by atoms with Crippen LogP contribution in [0.4, 0.5) is 5.69 Å². The van der Waals surface area contributed by atoms with E-state index in [0.29, 0.717) is 25.3 Å². The average molecular weight is 435 g/mol. The summed E-state index contributed by atoms with van der Waals surface area (Å²) in [5.74, 6) is -0.716. The molecule has 30 heavy (non-hydrogen) atoms. The van der Waals surface area contributed by atoms with Gasteiger partial charge in [-0.05, 0) is 46.8 Å². The van der Waals surface area contributed by atoms with Crippen LogP contribution >= 0.6 is 11.8 Å². The predicted octanol–water partition coefficient (Wildman–Crippen LogP) is 1.58. The van der Waals surface area contributed by atoms with E-state index in [-0.39, 0.29) is 15.9 Å². The second kappa shape index (κ2) is 8.47. The molecule has 0 bridgehead atoms. The van der Waals surface area contributed by atoms with Gasteiger partial charge in [-0.3, -0.25) is 14.6 Å². The molecular weight excluding hydrogens is 404 g/mol. The van der Waals surface area contributed by atoms with Gasteiger partial charge in [-0.2, -0.15) is 0 Å². The summed E-state index contributed by atoms with van der Waals surface area (Å²) in [6.07, 6.45) is 0. The molecule has 9 heteroatoms. The first-order valence-corrected chi connectivity index (χ1v) is 11.2. The number of amides is 1. The molecule has 164 valence electrons. The number of amidine groups is 1. The lowest BCUT2D eigenvalue weighted by Crippen LogP contribution is -2.66. The molecular formula is C21H30N4O4S. The summed E-state index contributed by atoms with van der Waals surface area (Å²) in [4.78, 5) is 37.4. The van der Waals surface area contributed by atoms with Crippen LogP contribution in [0.1, 0.15) is 34.6 Å². The number of hydroxylamine groups is 3. The van der Waals surface area contributed by atoms with E-state index in [4.69, 9.17) is 4.84 Å². The SMILES string of the molecule is CC[N+](CC)(CC)OC(=O)[C@@H]1N2C(=O)[C@@H](N=C([O-])Nc3ccccc3)[C@H]2SC1(C)C. The van der Waals surface area contributed by atoms with Gasteiger partial charge in [-0.15, -0.1) is 16.4 Å². The predicted molar refractivity (Wildman–Crippen MR) is 115 cm³/mol. The Kier molecular flexibility index (Phi) is 6.33. The van der Waals surface area contributed by atoms with Crippen molar-refractivity contribution >= 4 is 35.3 Å². The van der Waals surface area contributed by atoms with E-state index in [1.807, 2.05) is 40.7 Å². The topological polar surface area (TPSA) is 94.1 Å². The molecule has 2 aliphatic heterocycles. The molecule has 0 unspecified atom stereocenters. The molecule has 0 aliphatic carbocycles. The number of thioether (sulfide) groups is 1. The average Bonchev–Trinajstić information content (AvgIpc) is 2.99. The molecule has 2 saturated heterocycles. The van der Waals surface area contributed by atoms with Crippen molar-refractivity contribution in [3.05, 3.63) is 30.3 Å². The number of carbonyl (C=O) groups is 2. The third-order valence-corrected chi connectivity index (χ3v) is 7.49. The number of carbonyl (C=O) groups excluding carboxylic acids is 2. The molecule has 3 rings (SSSR count). The van der Waals surface area contributed by atoms with Crippen molar-refractivity contribution in [1.29, 1.82) is 0 Å². The second-order valence-corrected chi connectivity index (χ2v) is 9.82. The van der Waals surface area contributed by atoms with Crippen LogP contribution in [0.5, 0.6) is 0 Å². The fourth-order valence-corrected chi connectivity index (χ4v) is 5.61. The summed E-state index contributed by atoms with van der Waals surface area (Å²) in [6.45, 7) is 11.8. The lowest BCUT2D eigenvalue weighted by Gasteiger charge is -2.43. The largest absolute Gasteiger partial charge is 0.846 e. The molecule has 2 heterocycles. The number of fused-ring (bicyclic) bond motifs is 1. The Labute approximate surface area is 181 Å². The van der Waals surface area contributed by atoms with Gasteiger partial charge in [0.05, 0.1) is 6.02 Å². The lowest BCUT2D eigenvalue weighted by atomic mass is 9.96. The first-order chi connectivity index (χ1) is 14.2. The Morgan fingerprint density at radius 3 is 2.40 bits per heavy atom. The first-order valence-electron chi connectivity index (χ1n) is 10.3. The van der Waals surface area contributed by atoms with Gasteiger partial charge < -0.3 is 15.3 Å². The molecule has 0 radical (unpaired) electrons. The van der Waals surface area contributed by atoms with Crippen LogP contribution < -0.4 is 10.4 Å². The maximum Gasteiger partial charge on any atom is 0.390 e. The van der Waals surface area contributed by atoms with E-state index in [1.165, 1.54) is 16.7 Å². The number of benzene rings is 1. The lowest BCUT2D eigenvalue weighted by molar-refractivity contribution is -1.09. The maximum atomic E-state index is 13.1. The Bertz CT molecular complexity index is 817. The van der Waals surface area contributed by atoms with Gasteiger partial charge >= 0.3 is 5.97 Å². The monoisotopic (exact) mass is 434 g/mol. The summed E-state index contributed by atoms with van der Waals surface area (Å²) in [7, 11) is 0. The molecule has 3 atom stereocenters. The van der Waals surface area contributed by atoms with Crippen molar-refractivity contribution in [2.75, 3.05) is 25.0 Å². The number of β-lactam (4-membered cyclic amide) rings is 1. The highest BCUT2D eigenvalue weighted by Crippen LogP contribution is 2.52. The third-order valence-electron chi connectivity index (χ3n) is 5.93. The second-order valence-electron chi connectivity index (χ2n) is 8.05. The molecule has 1 amide bonds. The van der Waals surface area contributed by atoms with Crippen LogP contribution in [0.3, 0.4) is 0 Å². The van der Waals surface area contributed by atoms with Gasteiger partial charge in [-0.1, -0.05) is 18.2 Å². The Morgan fingerprint density at radius 1 is 1.23 bits per heavy atom. The smallest absolute Gasteiger partial charge is 0.390 e. The summed E-state index contributed by atoms with van der Waals surface area (Å²) in [5.41, 5.74) is 0.614. The standard InChI is InChI=1S/C21H30N4O4S/c1-6-25(7-2,8-3)29-19(27)16-21(4,5)30-18-15(17(26)24(16)18)23-20(28)22-14-12-10-9-11-13-14/h9-13,15-16,18H,6-8H2,1-5H3,(H-,22,23,28)/t15-,16+,18-/m1/s1. The van der Waals surface area contributed by atoms with Gasteiger partial charge in [0.1, 0.15) is 25.0 Å². The van der Waals surface area contributed by atoms with Gasteiger partial charge in [-0.25, -0.2) is 4.79 Å². The van der Waals surface area contributed by atoms with Gasteiger partial charge in [0.15, 0.2) is 12.1 Å². The van der Waals surface area contributed by atoms with Crippen LogP contribution in [-0.4, -0.2) is 69.3 Å². The zero-order valence-corrected chi connectivity index (χ0v) is 18.9. The van der Waals surface area contributed by atoms with E-state index >= 15 is 0 Å². The normalized spacial score (nSPS) is 25.5. The number of para-hydroxylation sites is 1. The molecule has 1 aromatic carbocycles. The van der Waals surface area contributed by atoms with Crippen molar-refractivity contribution in [3.8, 4) is 0 Å². The highest BCUT2D eigenvalue weighted by Gasteiger charge is 2.65. The summed E-state index contributed by atoms with van der Waals surface area (Å²) in [5, 5.41) is 14.6. The fourth-order valence-electron chi connectivity index (χ4n) is 4.00. The third kappa shape index (κ3) is 4.00. The van der Waals surface area contributed by atoms with Crippen LogP contribution in [0.2, 0.25) is 0 Å². The Morgan fingerprint density at radius 2 is 1.83 bits per heavy atom. The number of anilines is 1. The Hall–Kier alpha value is -2.26. The van der Waals surface area contributed by atoms with Crippen LogP contribution in [-0.2, 0) is 14.4 Å². The van der Waals surface area contributed by atoms with Crippen LogP contribution in [0.15, 0.2) is 35.3 Å². The number of hydrogen-bond donors (Lipinski definition) is 1. The van der Waals surface area contributed by atoms with Gasteiger partial charge in [0.2, 0.25) is 0 Å². The minimum Gasteiger partial charge on any atom is -0.846 e.